The number of halogens is 2. The lowest BCUT2D eigenvalue weighted by molar-refractivity contribution is 0.563. The molecule has 1 N–H and O–H groups in total. The van der Waals surface area contributed by atoms with Gasteiger partial charge >= 0.3 is 0 Å². The van der Waals surface area contributed by atoms with Crippen molar-refractivity contribution >= 4 is 27.5 Å². The van der Waals surface area contributed by atoms with Crippen molar-refractivity contribution in [2.24, 2.45) is 0 Å². The molecular formula is C13H15BrClN. The van der Waals surface area contributed by atoms with Crippen LogP contribution in [0.25, 0.3) is 0 Å². The molecule has 0 saturated heterocycles. The van der Waals surface area contributed by atoms with Gasteiger partial charge in [0.05, 0.1) is 11.1 Å². The highest BCUT2D eigenvalue weighted by atomic mass is 79.9. The molecule has 0 heterocycles. The summed E-state index contributed by atoms with van der Waals surface area (Å²) in [4.78, 5) is 0. The fraction of sp³-hybridized carbons (Fsp3) is 0.385. The Hall–Kier alpha value is -0.490. The van der Waals surface area contributed by atoms with Crippen molar-refractivity contribution in [2.45, 2.75) is 32.4 Å². The topological polar surface area (TPSA) is 12.0 Å². The maximum absolute atomic E-state index is 5.92. The van der Waals surface area contributed by atoms with E-state index in [4.69, 9.17) is 18.0 Å². The summed E-state index contributed by atoms with van der Waals surface area (Å²) in [7, 11) is 0. The Morgan fingerprint density at radius 1 is 1.56 bits per heavy atom. The normalized spacial score (nSPS) is 12.1. The smallest absolute Gasteiger partial charge is 0.0689 e. The second-order valence-electron chi connectivity index (χ2n) is 3.64. The van der Waals surface area contributed by atoms with Crippen LogP contribution in [0.15, 0.2) is 22.7 Å². The van der Waals surface area contributed by atoms with Crippen molar-refractivity contribution in [1.82, 2.24) is 5.32 Å². The molecule has 1 unspecified atom stereocenters. The minimum Gasteiger partial charge on any atom is -0.300 e. The first-order chi connectivity index (χ1) is 7.67. The third kappa shape index (κ3) is 4.17. The van der Waals surface area contributed by atoms with E-state index >= 15 is 0 Å². The van der Waals surface area contributed by atoms with Gasteiger partial charge in [0.25, 0.3) is 0 Å². The van der Waals surface area contributed by atoms with E-state index in [-0.39, 0.29) is 6.04 Å². The Bertz CT molecular complexity index is 384. The van der Waals surface area contributed by atoms with Crippen molar-refractivity contribution in [3.63, 3.8) is 0 Å². The first-order valence-corrected chi connectivity index (χ1v) is 6.48. The molecule has 0 bridgehead atoms. The zero-order chi connectivity index (χ0) is 12.0. The number of benzene rings is 1. The molecule has 1 nitrogen and oxygen atoms in total. The lowest BCUT2D eigenvalue weighted by Crippen LogP contribution is -2.26. The molecule has 1 rings (SSSR count). The number of rotatable bonds is 5. The second-order valence-corrected chi connectivity index (χ2v) is 4.90. The molecule has 0 fully saturated rings. The van der Waals surface area contributed by atoms with Crippen LogP contribution < -0.4 is 5.32 Å². The summed E-state index contributed by atoms with van der Waals surface area (Å²) in [5.41, 5.74) is 1.17. The summed E-state index contributed by atoms with van der Waals surface area (Å²) in [5, 5.41) is 4.06. The van der Waals surface area contributed by atoms with Crippen LogP contribution in [0.2, 0.25) is 5.02 Å². The van der Waals surface area contributed by atoms with Crippen LogP contribution in [0.4, 0.5) is 0 Å². The van der Waals surface area contributed by atoms with Crippen LogP contribution in [0.5, 0.6) is 0 Å². The van der Waals surface area contributed by atoms with Gasteiger partial charge in [0.15, 0.2) is 0 Å². The van der Waals surface area contributed by atoms with E-state index in [0.717, 1.165) is 28.9 Å². The van der Waals surface area contributed by atoms with Crippen molar-refractivity contribution in [3.05, 3.63) is 33.3 Å². The van der Waals surface area contributed by atoms with Crippen molar-refractivity contribution < 1.29 is 0 Å². The number of hydrogen-bond acceptors (Lipinski definition) is 1. The molecule has 0 spiro atoms. The van der Waals surface area contributed by atoms with E-state index in [1.54, 1.807) is 0 Å². The van der Waals surface area contributed by atoms with Crippen molar-refractivity contribution in [1.29, 1.82) is 0 Å². The second kappa shape index (κ2) is 6.96. The summed E-state index contributed by atoms with van der Waals surface area (Å²) in [6, 6.07) is 6.04. The van der Waals surface area contributed by atoms with Crippen LogP contribution in [0.1, 0.15) is 25.3 Å². The molecule has 0 aliphatic heterocycles. The highest BCUT2D eigenvalue weighted by Crippen LogP contribution is 2.23. The molecule has 16 heavy (non-hydrogen) atoms. The van der Waals surface area contributed by atoms with Gasteiger partial charge in [0.2, 0.25) is 0 Å². The fourth-order valence-electron chi connectivity index (χ4n) is 1.42. The van der Waals surface area contributed by atoms with Crippen molar-refractivity contribution in [2.75, 3.05) is 0 Å². The van der Waals surface area contributed by atoms with Gasteiger partial charge in [-0.05, 0) is 40.0 Å². The molecule has 86 valence electrons. The zero-order valence-electron chi connectivity index (χ0n) is 9.26. The van der Waals surface area contributed by atoms with Crippen LogP contribution >= 0.6 is 27.5 Å². The van der Waals surface area contributed by atoms with E-state index < -0.39 is 0 Å². The van der Waals surface area contributed by atoms with Crippen LogP contribution in [-0.2, 0) is 6.54 Å². The van der Waals surface area contributed by atoms with E-state index in [1.165, 1.54) is 5.56 Å². The van der Waals surface area contributed by atoms with E-state index in [2.05, 4.69) is 34.1 Å². The van der Waals surface area contributed by atoms with Gasteiger partial charge in [-0.15, -0.1) is 6.42 Å². The van der Waals surface area contributed by atoms with Gasteiger partial charge < -0.3 is 0 Å². The molecule has 0 aromatic heterocycles. The quantitative estimate of drug-likeness (QED) is 0.811. The van der Waals surface area contributed by atoms with Crippen LogP contribution in [0, 0.1) is 12.3 Å². The molecule has 0 aliphatic carbocycles. The highest BCUT2D eigenvalue weighted by Gasteiger charge is 2.04. The number of terminal acetylenes is 1. The van der Waals surface area contributed by atoms with Crippen LogP contribution in [-0.4, -0.2) is 6.04 Å². The minimum absolute atomic E-state index is 0.152. The minimum atomic E-state index is 0.152. The lowest BCUT2D eigenvalue weighted by atomic mass is 10.1. The van der Waals surface area contributed by atoms with E-state index in [1.807, 2.05) is 18.2 Å². The summed E-state index contributed by atoms with van der Waals surface area (Å²) in [5.74, 6) is 2.75. The molecule has 3 heteroatoms. The first kappa shape index (κ1) is 13.6. The third-order valence-electron chi connectivity index (χ3n) is 2.32. The van der Waals surface area contributed by atoms with Crippen LogP contribution in [0.3, 0.4) is 0 Å². The summed E-state index contributed by atoms with van der Waals surface area (Å²) in [6.07, 6.45) is 7.53. The molecule has 0 saturated carbocycles. The zero-order valence-corrected chi connectivity index (χ0v) is 11.6. The maximum Gasteiger partial charge on any atom is 0.0689 e. The third-order valence-corrected chi connectivity index (χ3v) is 3.53. The Balaban J connectivity index is 2.54. The summed E-state index contributed by atoms with van der Waals surface area (Å²) < 4.78 is 0.918. The van der Waals surface area contributed by atoms with E-state index in [9.17, 15) is 0 Å². The first-order valence-electron chi connectivity index (χ1n) is 5.30. The van der Waals surface area contributed by atoms with Gasteiger partial charge in [-0.3, -0.25) is 5.32 Å². The summed E-state index contributed by atoms with van der Waals surface area (Å²) in [6.45, 7) is 2.90. The lowest BCUT2D eigenvalue weighted by Gasteiger charge is -2.12. The Morgan fingerprint density at radius 2 is 2.31 bits per heavy atom. The molecule has 0 radical (unpaired) electrons. The SMILES string of the molecule is C#CC(CCC)NCc1ccc(Cl)c(Br)c1. The predicted molar refractivity (Wildman–Crippen MR) is 73.5 cm³/mol. The largest absolute Gasteiger partial charge is 0.300 e. The fourth-order valence-corrected chi connectivity index (χ4v) is 1.97. The molecule has 1 atom stereocenters. The number of nitrogens with one attached hydrogen (secondary N) is 1. The van der Waals surface area contributed by atoms with Gasteiger partial charge in [-0.2, -0.15) is 0 Å². The van der Waals surface area contributed by atoms with Gasteiger partial charge in [-0.1, -0.05) is 36.9 Å². The number of hydrogen-bond donors (Lipinski definition) is 1. The Morgan fingerprint density at radius 3 is 2.88 bits per heavy atom. The van der Waals surface area contributed by atoms with Gasteiger partial charge in [0, 0.05) is 11.0 Å². The average Bonchev–Trinajstić information content (AvgIpc) is 2.28. The highest BCUT2D eigenvalue weighted by molar-refractivity contribution is 9.10. The average molecular weight is 301 g/mol. The molecular weight excluding hydrogens is 286 g/mol. The molecule has 0 aliphatic rings. The Labute approximate surface area is 111 Å². The van der Waals surface area contributed by atoms with Gasteiger partial charge in [-0.25, -0.2) is 0 Å². The van der Waals surface area contributed by atoms with E-state index in [0.29, 0.717) is 0 Å². The standard InChI is InChI=1S/C13H15BrClN/c1-3-5-11(4-2)16-9-10-6-7-13(15)12(14)8-10/h2,6-8,11,16H,3,5,9H2,1H3. The monoisotopic (exact) mass is 299 g/mol. The molecule has 1 aromatic rings. The maximum atomic E-state index is 5.92. The Kier molecular flexibility index (Phi) is 5.90. The van der Waals surface area contributed by atoms with Gasteiger partial charge in [0.1, 0.15) is 0 Å². The summed E-state index contributed by atoms with van der Waals surface area (Å²) >= 11 is 9.32. The molecule has 1 aromatic carbocycles. The van der Waals surface area contributed by atoms with Crippen molar-refractivity contribution in [3.8, 4) is 12.3 Å². The predicted octanol–water partition coefficient (Wildman–Crippen LogP) is 3.99. The molecule has 0 amide bonds.